The highest BCUT2D eigenvalue weighted by atomic mass is 16.7. The second-order valence-electron chi connectivity index (χ2n) is 4.13. The lowest BCUT2D eigenvalue weighted by Gasteiger charge is -2.17. The Balaban J connectivity index is 2.50. The Hall–Kier alpha value is -1.72. The van der Waals surface area contributed by atoms with Crippen LogP contribution in [0.1, 0.15) is 40.0 Å². The van der Waals surface area contributed by atoms with E-state index in [1.54, 1.807) is 24.3 Å². The standard InChI is InChI=1S/C14H19NO4/c1-15(19-10-6-2-5-9-16)14(18)13-8-4-3-7-12(13)11-17/h3-4,7-8,11,16H,2,5-6,9-10H2,1H3. The fourth-order valence-corrected chi connectivity index (χ4v) is 1.61. The van der Waals surface area contributed by atoms with Crippen molar-refractivity contribution in [2.45, 2.75) is 19.3 Å². The molecule has 0 aliphatic carbocycles. The van der Waals surface area contributed by atoms with Crippen LogP contribution < -0.4 is 0 Å². The Morgan fingerprint density at radius 2 is 2.05 bits per heavy atom. The number of amides is 1. The molecule has 1 rings (SSSR count). The summed E-state index contributed by atoms with van der Waals surface area (Å²) in [7, 11) is 1.52. The molecule has 0 unspecified atom stereocenters. The average molecular weight is 265 g/mol. The molecule has 0 radical (unpaired) electrons. The van der Waals surface area contributed by atoms with E-state index in [0.29, 0.717) is 24.0 Å². The number of aliphatic hydroxyl groups excluding tert-OH is 1. The molecule has 0 fully saturated rings. The Morgan fingerprint density at radius 1 is 1.32 bits per heavy atom. The minimum absolute atomic E-state index is 0.168. The van der Waals surface area contributed by atoms with E-state index >= 15 is 0 Å². The molecule has 0 aromatic heterocycles. The largest absolute Gasteiger partial charge is 0.396 e. The van der Waals surface area contributed by atoms with E-state index in [9.17, 15) is 9.59 Å². The molecule has 1 aromatic rings. The summed E-state index contributed by atoms with van der Waals surface area (Å²) in [6.07, 6.45) is 3.01. The molecule has 5 heteroatoms. The van der Waals surface area contributed by atoms with Crippen molar-refractivity contribution in [3.63, 3.8) is 0 Å². The van der Waals surface area contributed by atoms with Crippen LogP contribution in [-0.4, -0.2) is 42.6 Å². The smallest absolute Gasteiger partial charge is 0.277 e. The molecule has 1 aromatic carbocycles. The number of hydrogen-bond acceptors (Lipinski definition) is 4. The molecule has 0 aliphatic rings. The summed E-state index contributed by atoms with van der Waals surface area (Å²) >= 11 is 0. The van der Waals surface area contributed by atoms with Crippen LogP contribution >= 0.6 is 0 Å². The maximum atomic E-state index is 12.0. The fraction of sp³-hybridized carbons (Fsp3) is 0.429. The van der Waals surface area contributed by atoms with E-state index in [1.165, 1.54) is 7.05 Å². The van der Waals surface area contributed by atoms with Gasteiger partial charge < -0.3 is 5.11 Å². The van der Waals surface area contributed by atoms with Gasteiger partial charge in [-0.05, 0) is 25.3 Å². The van der Waals surface area contributed by atoms with Crippen LogP contribution in [0.3, 0.4) is 0 Å². The first kappa shape index (κ1) is 15.3. The summed E-state index contributed by atoms with van der Waals surface area (Å²) in [6, 6.07) is 6.60. The second-order valence-corrected chi connectivity index (χ2v) is 4.13. The van der Waals surface area contributed by atoms with Gasteiger partial charge in [0.25, 0.3) is 5.91 Å². The van der Waals surface area contributed by atoms with Crippen molar-refractivity contribution >= 4 is 12.2 Å². The van der Waals surface area contributed by atoms with Crippen LogP contribution in [0.15, 0.2) is 24.3 Å². The van der Waals surface area contributed by atoms with Crippen molar-refractivity contribution in [1.82, 2.24) is 5.06 Å². The number of rotatable bonds is 8. The van der Waals surface area contributed by atoms with Gasteiger partial charge in [0.1, 0.15) is 0 Å². The predicted molar refractivity (Wildman–Crippen MR) is 70.8 cm³/mol. The van der Waals surface area contributed by atoms with Gasteiger partial charge >= 0.3 is 0 Å². The number of aliphatic hydroxyl groups is 1. The molecule has 0 aliphatic heterocycles. The minimum Gasteiger partial charge on any atom is -0.396 e. The van der Waals surface area contributed by atoms with Gasteiger partial charge in [-0.15, -0.1) is 0 Å². The quantitative estimate of drug-likeness (QED) is 0.441. The Labute approximate surface area is 112 Å². The molecule has 5 nitrogen and oxygen atoms in total. The first-order chi connectivity index (χ1) is 9.20. The molecule has 0 saturated carbocycles. The normalized spacial score (nSPS) is 10.2. The highest BCUT2D eigenvalue weighted by Crippen LogP contribution is 2.09. The molecule has 0 atom stereocenters. The van der Waals surface area contributed by atoms with E-state index in [4.69, 9.17) is 9.94 Å². The third-order valence-corrected chi connectivity index (χ3v) is 2.69. The molecular weight excluding hydrogens is 246 g/mol. The molecule has 0 spiro atoms. The summed E-state index contributed by atoms with van der Waals surface area (Å²) in [5, 5.41) is 9.77. The van der Waals surface area contributed by atoms with Crippen LogP contribution in [0.4, 0.5) is 0 Å². The second kappa shape index (κ2) is 8.39. The van der Waals surface area contributed by atoms with Crippen molar-refractivity contribution in [2.75, 3.05) is 20.3 Å². The minimum atomic E-state index is -0.343. The number of hydrogen-bond donors (Lipinski definition) is 1. The van der Waals surface area contributed by atoms with E-state index in [-0.39, 0.29) is 12.5 Å². The highest BCUT2D eigenvalue weighted by Gasteiger charge is 2.15. The van der Waals surface area contributed by atoms with Crippen LogP contribution in [-0.2, 0) is 4.84 Å². The molecule has 0 bridgehead atoms. The van der Waals surface area contributed by atoms with Crippen LogP contribution in [0.2, 0.25) is 0 Å². The van der Waals surface area contributed by atoms with Crippen LogP contribution in [0.25, 0.3) is 0 Å². The molecule has 1 amide bonds. The van der Waals surface area contributed by atoms with Crippen molar-refractivity contribution in [3.05, 3.63) is 35.4 Å². The Kier molecular flexibility index (Phi) is 6.78. The molecule has 104 valence electrons. The number of nitrogens with zero attached hydrogens (tertiary/aromatic N) is 1. The van der Waals surface area contributed by atoms with Crippen molar-refractivity contribution in [3.8, 4) is 0 Å². The summed E-state index contributed by atoms with van der Waals surface area (Å²) in [6.45, 7) is 0.576. The van der Waals surface area contributed by atoms with Gasteiger partial charge in [-0.3, -0.25) is 14.4 Å². The van der Waals surface area contributed by atoms with Crippen molar-refractivity contribution < 1.29 is 19.5 Å². The van der Waals surface area contributed by atoms with Crippen molar-refractivity contribution in [2.24, 2.45) is 0 Å². The summed E-state index contributed by atoms with van der Waals surface area (Å²) in [5.74, 6) is -0.343. The van der Waals surface area contributed by atoms with Gasteiger partial charge in [-0.25, -0.2) is 5.06 Å². The Morgan fingerprint density at radius 3 is 2.74 bits per heavy atom. The van der Waals surface area contributed by atoms with E-state index in [0.717, 1.165) is 24.3 Å². The molecule has 0 saturated heterocycles. The predicted octanol–water partition coefficient (Wildman–Crippen LogP) is 1.67. The maximum Gasteiger partial charge on any atom is 0.277 e. The Bertz CT molecular complexity index is 420. The van der Waals surface area contributed by atoms with E-state index in [1.807, 2.05) is 0 Å². The number of hydroxylamine groups is 2. The molecule has 0 heterocycles. The third kappa shape index (κ3) is 4.81. The SMILES string of the molecule is CN(OCCCCCO)C(=O)c1ccccc1C=O. The number of benzene rings is 1. The zero-order valence-electron chi connectivity index (χ0n) is 11.0. The van der Waals surface area contributed by atoms with Gasteiger partial charge in [0.15, 0.2) is 6.29 Å². The third-order valence-electron chi connectivity index (χ3n) is 2.69. The number of carbonyl (C=O) groups excluding carboxylic acids is 2. The summed E-state index contributed by atoms with van der Waals surface area (Å²) < 4.78 is 0. The average Bonchev–Trinajstić information content (AvgIpc) is 2.46. The fourth-order valence-electron chi connectivity index (χ4n) is 1.61. The molecule has 1 N–H and O–H groups in total. The van der Waals surface area contributed by atoms with E-state index in [2.05, 4.69) is 0 Å². The lowest BCUT2D eigenvalue weighted by molar-refractivity contribution is -0.107. The van der Waals surface area contributed by atoms with E-state index < -0.39 is 0 Å². The van der Waals surface area contributed by atoms with Crippen LogP contribution in [0.5, 0.6) is 0 Å². The van der Waals surface area contributed by atoms with Crippen LogP contribution in [0, 0.1) is 0 Å². The molecular formula is C14H19NO4. The van der Waals surface area contributed by atoms with Gasteiger partial charge in [-0.1, -0.05) is 18.2 Å². The lowest BCUT2D eigenvalue weighted by Crippen LogP contribution is -2.28. The van der Waals surface area contributed by atoms with Gasteiger partial charge in [0.2, 0.25) is 0 Å². The summed E-state index contributed by atoms with van der Waals surface area (Å²) in [5.41, 5.74) is 0.679. The maximum absolute atomic E-state index is 12.0. The highest BCUT2D eigenvalue weighted by molar-refractivity contribution is 6.00. The van der Waals surface area contributed by atoms with Gasteiger partial charge in [-0.2, -0.15) is 0 Å². The summed E-state index contributed by atoms with van der Waals surface area (Å²) in [4.78, 5) is 28.2. The van der Waals surface area contributed by atoms with Gasteiger partial charge in [0, 0.05) is 19.2 Å². The topological polar surface area (TPSA) is 66.8 Å². The molecule has 19 heavy (non-hydrogen) atoms. The lowest BCUT2D eigenvalue weighted by atomic mass is 10.1. The number of carbonyl (C=O) groups is 2. The monoisotopic (exact) mass is 265 g/mol. The number of aldehydes is 1. The first-order valence-electron chi connectivity index (χ1n) is 6.26. The number of unbranched alkanes of at least 4 members (excludes halogenated alkanes) is 2. The first-order valence-corrected chi connectivity index (χ1v) is 6.26. The van der Waals surface area contributed by atoms with Crippen molar-refractivity contribution in [1.29, 1.82) is 0 Å². The zero-order valence-corrected chi connectivity index (χ0v) is 11.0. The zero-order chi connectivity index (χ0) is 14.1. The van der Waals surface area contributed by atoms with Gasteiger partial charge in [0.05, 0.1) is 12.2 Å².